The molecule has 0 bridgehead atoms. The van der Waals surface area contributed by atoms with Crippen LogP contribution >= 0.6 is 0 Å². The predicted octanol–water partition coefficient (Wildman–Crippen LogP) is 0.803. The van der Waals surface area contributed by atoms with Crippen LogP contribution in [0.3, 0.4) is 0 Å². The molecule has 1 heterocycles. The number of rotatable bonds is 0. The van der Waals surface area contributed by atoms with Gasteiger partial charge in [-0.2, -0.15) is 0 Å². The number of carbonyl (C=O) groups excluding carboxylic acids is 2. The van der Waals surface area contributed by atoms with Gasteiger partial charge in [0.15, 0.2) is 0 Å². The monoisotopic (exact) mass is 153 g/mol. The second-order valence-electron chi connectivity index (χ2n) is 1.19. The lowest BCUT2D eigenvalue weighted by atomic mass is 10.6. The van der Waals surface area contributed by atoms with Crippen LogP contribution in [0.1, 0.15) is 0 Å². The summed E-state index contributed by atoms with van der Waals surface area (Å²) in [7, 11) is 0. The quantitative estimate of drug-likeness (QED) is 0.413. The second kappa shape index (κ2) is 8.36. The minimum Gasteiger partial charge on any atom is -0.289 e. The minimum absolute atomic E-state index is 0.329. The molecular formula is C8H11NO2. The smallest absolute Gasteiger partial charge is 0.250 e. The zero-order valence-corrected chi connectivity index (χ0v) is 6.30. The van der Waals surface area contributed by atoms with Crippen LogP contribution in [0.2, 0.25) is 0 Å². The number of hydrogen-bond acceptors (Lipinski definition) is 2. The normalized spacial score (nSPS) is 12.0. The van der Waals surface area contributed by atoms with E-state index in [1.165, 1.54) is 12.2 Å². The molecule has 0 fully saturated rings. The van der Waals surface area contributed by atoms with Gasteiger partial charge in [0.2, 0.25) is 0 Å². The molecule has 60 valence electrons. The Morgan fingerprint density at radius 1 is 0.909 bits per heavy atom. The van der Waals surface area contributed by atoms with Crippen molar-refractivity contribution in [2.45, 2.75) is 0 Å². The molecule has 1 rings (SSSR count). The Morgan fingerprint density at radius 3 is 1.27 bits per heavy atom. The van der Waals surface area contributed by atoms with Gasteiger partial charge in [-0.25, -0.2) is 0 Å². The van der Waals surface area contributed by atoms with Gasteiger partial charge in [0, 0.05) is 12.2 Å². The van der Waals surface area contributed by atoms with E-state index in [0.717, 1.165) is 0 Å². The second-order valence-corrected chi connectivity index (χ2v) is 1.19. The molecule has 0 aromatic carbocycles. The maximum atomic E-state index is 10.0. The van der Waals surface area contributed by atoms with E-state index in [9.17, 15) is 9.59 Å². The lowest BCUT2D eigenvalue weighted by molar-refractivity contribution is -0.123. The summed E-state index contributed by atoms with van der Waals surface area (Å²) in [5, 5.41) is 2.03. The number of carbonyl (C=O) groups is 2. The molecule has 0 aliphatic carbocycles. The van der Waals surface area contributed by atoms with E-state index in [1.54, 1.807) is 0 Å². The van der Waals surface area contributed by atoms with Gasteiger partial charge in [-0.1, -0.05) is 0 Å². The predicted molar refractivity (Wildman–Crippen MR) is 44.8 cm³/mol. The average Bonchev–Trinajstić information content (AvgIpc) is 2.43. The van der Waals surface area contributed by atoms with Gasteiger partial charge in [-0.3, -0.25) is 14.9 Å². The van der Waals surface area contributed by atoms with Crippen molar-refractivity contribution < 1.29 is 9.59 Å². The zero-order chi connectivity index (χ0) is 9.28. The molecule has 0 radical (unpaired) electrons. The maximum Gasteiger partial charge on any atom is 0.250 e. The summed E-state index contributed by atoms with van der Waals surface area (Å²) in [4.78, 5) is 20.1. The first-order valence-electron chi connectivity index (χ1n) is 2.82. The third-order valence-electron chi connectivity index (χ3n) is 0.632. The Labute approximate surface area is 66.1 Å². The first-order valence-corrected chi connectivity index (χ1v) is 2.82. The van der Waals surface area contributed by atoms with Crippen molar-refractivity contribution in [2.24, 2.45) is 0 Å². The van der Waals surface area contributed by atoms with Gasteiger partial charge in [0.05, 0.1) is 0 Å². The molecule has 3 heteroatoms. The molecule has 1 N–H and O–H groups in total. The van der Waals surface area contributed by atoms with Crippen molar-refractivity contribution in [3.8, 4) is 0 Å². The van der Waals surface area contributed by atoms with Crippen LogP contribution in [0, 0.1) is 0 Å². The van der Waals surface area contributed by atoms with E-state index in [4.69, 9.17) is 0 Å². The SMILES string of the molecule is C=C.C=C.O=C1C=CC(=O)N1. The average molecular weight is 153 g/mol. The van der Waals surface area contributed by atoms with E-state index >= 15 is 0 Å². The summed E-state index contributed by atoms with van der Waals surface area (Å²) >= 11 is 0. The summed E-state index contributed by atoms with van der Waals surface area (Å²) in [6.45, 7) is 12.0. The van der Waals surface area contributed by atoms with E-state index < -0.39 is 0 Å². The largest absolute Gasteiger partial charge is 0.289 e. The molecule has 0 saturated heterocycles. The molecule has 3 nitrogen and oxygen atoms in total. The first kappa shape index (κ1) is 12.1. The molecule has 0 spiro atoms. The Morgan fingerprint density at radius 2 is 1.18 bits per heavy atom. The Bertz CT molecular complexity index is 155. The summed E-state index contributed by atoms with van der Waals surface area (Å²) in [6.07, 6.45) is 2.39. The fraction of sp³-hybridized carbons (Fsp3) is 0. The third-order valence-corrected chi connectivity index (χ3v) is 0.632. The van der Waals surface area contributed by atoms with Gasteiger partial charge < -0.3 is 0 Å². The van der Waals surface area contributed by atoms with Gasteiger partial charge >= 0.3 is 0 Å². The number of imide groups is 1. The van der Waals surface area contributed by atoms with Crippen LogP contribution in [-0.2, 0) is 9.59 Å². The number of hydrogen-bond donors (Lipinski definition) is 1. The zero-order valence-electron chi connectivity index (χ0n) is 6.30. The molecule has 0 unspecified atom stereocenters. The molecule has 0 aromatic heterocycles. The minimum atomic E-state index is -0.329. The van der Waals surface area contributed by atoms with Crippen molar-refractivity contribution in [3.63, 3.8) is 0 Å². The Kier molecular flexibility index (Phi) is 9.18. The van der Waals surface area contributed by atoms with Crippen molar-refractivity contribution in [1.29, 1.82) is 0 Å². The number of amides is 2. The van der Waals surface area contributed by atoms with Crippen LogP contribution in [0.15, 0.2) is 38.5 Å². The lowest BCUT2D eigenvalue weighted by Crippen LogP contribution is -2.19. The van der Waals surface area contributed by atoms with E-state index in [0.29, 0.717) is 0 Å². The maximum absolute atomic E-state index is 10.0. The molecular weight excluding hydrogens is 142 g/mol. The van der Waals surface area contributed by atoms with Crippen LogP contribution in [0.5, 0.6) is 0 Å². The van der Waals surface area contributed by atoms with Crippen LogP contribution in [-0.4, -0.2) is 11.8 Å². The van der Waals surface area contributed by atoms with Gasteiger partial charge in [-0.15, -0.1) is 26.3 Å². The summed E-state index contributed by atoms with van der Waals surface area (Å²) in [5.74, 6) is -0.657. The first-order chi connectivity index (χ1) is 5.29. The van der Waals surface area contributed by atoms with Crippen molar-refractivity contribution >= 4 is 11.8 Å². The molecule has 0 saturated carbocycles. The molecule has 0 atom stereocenters. The molecule has 11 heavy (non-hydrogen) atoms. The third kappa shape index (κ3) is 6.24. The molecule has 1 aliphatic heterocycles. The van der Waals surface area contributed by atoms with Crippen molar-refractivity contribution in [1.82, 2.24) is 5.32 Å². The highest BCUT2D eigenvalue weighted by Crippen LogP contribution is 1.82. The Balaban J connectivity index is 0. The molecule has 1 aliphatic rings. The molecule has 0 aromatic rings. The summed E-state index contributed by atoms with van der Waals surface area (Å²) < 4.78 is 0. The van der Waals surface area contributed by atoms with Crippen molar-refractivity contribution in [3.05, 3.63) is 38.5 Å². The van der Waals surface area contributed by atoms with Crippen LogP contribution < -0.4 is 5.32 Å². The summed E-state index contributed by atoms with van der Waals surface area (Å²) in [5.41, 5.74) is 0. The van der Waals surface area contributed by atoms with Gasteiger partial charge in [0.1, 0.15) is 0 Å². The lowest BCUT2D eigenvalue weighted by Gasteiger charge is -1.80. The van der Waals surface area contributed by atoms with Crippen LogP contribution in [0.25, 0.3) is 0 Å². The van der Waals surface area contributed by atoms with E-state index in [2.05, 4.69) is 26.3 Å². The fourth-order valence-electron chi connectivity index (χ4n) is 0.356. The highest BCUT2D eigenvalue weighted by Gasteiger charge is 2.06. The van der Waals surface area contributed by atoms with Crippen molar-refractivity contribution in [2.75, 3.05) is 0 Å². The Hall–Kier alpha value is -1.64. The van der Waals surface area contributed by atoms with Gasteiger partial charge in [0.25, 0.3) is 11.8 Å². The van der Waals surface area contributed by atoms with E-state index in [1.807, 2.05) is 5.32 Å². The fourth-order valence-corrected chi connectivity index (χ4v) is 0.356. The van der Waals surface area contributed by atoms with Crippen LogP contribution in [0.4, 0.5) is 0 Å². The topological polar surface area (TPSA) is 46.2 Å². The summed E-state index contributed by atoms with van der Waals surface area (Å²) in [6, 6.07) is 0. The highest BCUT2D eigenvalue weighted by molar-refractivity contribution is 6.12. The standard InChI is InChI=1S/C4H3NO2.2C2H4/c6-3-1-2-4(7)5-3;2*1-2/h1-2H,(H,5,6,7);2*1-2H2. The van der Waals surface area contributed by atoms with Gasteiger partial charge in [-0.05, 0) is 0 Å². The highest BCUT2D eigenvalue weighted by atomic mass is 16.2. The molecule has 2 amide bonds. The number of nitrogens with one attached hydrogen (secondary N) is 1. The van der Waals surface area contributed by atoms with E-state index in [-0.39, 0.29) is 11.8 Å².